The molecule has 0 saturated heterocycles. The summed E-state index contributed by atoms with van der Waals surface area (Å²) < 4.78 is 5.57. The molecule has 30 heavy (non-hydrogen) atoms. The molecule has 0 aliphatic carbocycles. The maximum Gasteiger partial charge on any atom is 0.326 e. The van der Waals surface area contributed by atoms with Crippen molar-refractivity contribution in [1.82, 2.24) is 5.32 Å². The number of aliphatic carboxylic acids is 1. The SMILES string of the molecule is CCOC(=O)C[C@@H](c1ccc([N+](=O)[O-])cc1)[C@H](NC(=O)c1cccc(Br)c1)C(=O)O. The van der Waals surface area contributed by atoms with Gasteiger partial charge in [0.15, 0.2) is 0 Å². The lowest BCUT2D eigenvalue weighted by molar-refractivity contribution is -0.384. The molecule has 1 amide bonds. The summed E-state index contributed by atoms with van der Waals surface area (Å²) in [5, 5.41) is 23.1. The van der Waals surface area contributed by atoms with Crippen molar-refractivity contribution in [2.75, 3.05) is 6.61 Å². The first-order valence-corrected chi connectivity index (χ1v) is 9.71. The molecular formula is C20H19BrN2O7. The van der Waals surface area contributed by atoms with Crippen molar-refractivity contribution in [1.29, 1.82) is 0 Å². The van der Waals surface area contributed by atoms with Crippen LogP contribution in [-0.4, -0.2) is 40.5 Å². The van der Waals surface area contributed by atoms with Gasteiger partial charge in [0.2, 0.25) is 0 Å². The molecule has 0 saturated carbocycles. The summed E-state index contributed by atoms with van der Waals surface area (Å²) in [6.07, 6.45) is -0.332. The molecule has 2 N–H and O–H groups in total. The van der Waals surface area contributed by atoms with Crippen molar-refractivity contribution in [3.63, 3.8) is 0 Å². The molecule has 0 unspecified atom stereocenters. The van der Waals surface area contributed by atoms with Crippen molar-refractivity contribution in [2.24, 2.45) is 0 Å². The fraction of sp³-hybridized carbons (Fsp3) is 0.250. The van der Waals surface area contributed by atoms with Crippen LogP contribution in [0.15, 0.2) is 53.0 Å². The molecule has 2 aromatic rings. The number of halogens is 1. The van der Waals surface area contributed by atoms with Crippen LogP contribution in [0.5, 0.6) is 0 Å². The average Bonchev–Trinajstić information content (AvgIpc) is 2.70. The fourth-order valence-corrected chi connectivity index (χ4v) is 3.26. The van der Waals surface area contributed by atoms with Crippen molar-refractivity contribution in [3.8, 4) is 0 Å². The molecule has 2 aromatic carbocycles. The topological polar surface area (TPSA) is 136 Å². The number of carbonyl (C=O) groups is 3. The number of ether oxygens (including phenoxy) is 1. The standard InChI is InChI=1S/C20H19BrN2O7/c1-2-30-17(24)11-16(12-6-8-15(9-7-12)23(28)29)18(20(26)27)22-19(25)13-4-3-5-14(21)10-13/h3-10,16,18H,2,11H2,1H3,(H,22,25)(H,26,27)/t16-,18-/m0/s1. The van der Waals surface area contributed by atoms with Gasteiger partial charge >= 0.3 is 11.9 Å². The highest BCUT2D eigenvalue weighted by Gasteiger charge is 2.33. The molecule has 0 aliphatic heterocycles. The molecule has 0 aromatic heterocycles. The number of nitro benzene ring substituents is 1. The Balaban J connectivity index is 2.38. The van der Waals surface area contributed by atoms with Crippen LogP contribution >= 0.6 is 15.9 Å². The van der Waals surface area contributed by atoms with Gasteiger partial charge < -0.3 is 15.2 Å². The number of hydrogen-bond acceptors (Lipinski definition) is 6. The number of carboxylic acids is 1. The van der Waals surface area contributed by atoms with Crippen LogP contribution in [0.1, 0.15) is 35.2 Å². The number of nitro groups is 1. The Labute approximate surface area is 180 Å². The quantitative estimate of drug-likeness (QED) is 0.320. The Morgan fingerprint density at radius 2 is 1.87 bits per heavy atom. The second kappa shape index (κ2) is 10.5. The molecule has 2 rings (SSSR count). The second-order valence-electron chi connectivity index (χ2n) is 6.26. The van der Waals surface area contributed by atoms with Crippen LogP contribution in [0.2, 0.25) is 0 Å². The first-order valence-electron chi connectivity index (χ1n) is 8.92. The molecule has 0 radical (unpaired) electrons. The van der Waals surface area contributed by atoms with Crippen LogP contribution in [-0.2, 0) is 14.3 Å². The van der Waals surface area contributed by atoms with Gasteiger partial charge in [0.1, 0.15) is 6.04 Å². The van der Waals surface area contributed by atoms with E-state index in [1.165, 1.54) is 36.4 Å². The van der Waals surface area contributed by atoms with E-state index in [1.807, 2.05) is 0 Å². The van der Waals surface area contributed by atoms with Gasteiger partial charge in [-0.2, -0.15) is 0 Å². The molecule has 0 fully saturated rings. The third-order valence-corrected chi connectivity index (χ3v) is 4.76. The summed E-state index contributed by atoms with van der Waals surface area (Å²) in [5.41, 5.74) is 0.392. The summed E-state index contributed by atoms with van der Waals surface area (Å²) in [6.45, 7) is 1.72. The zero-order valence-corrected chi connectivity index (χ0v) is 17.5. The highest BCUT2D eigenvalue weighted by atomic mass is 79.9. The van der Waals surface area contributed by atoms with Crippen LogP contribution < -0.4 is 5.32 Å². The molecule has 158 valence electrons. The summed E-state index contributed by atoms with van der Waals surface area (Å²) in [5.74, 6) is -3.65. The van der Waals surface area contributed by atoms with Gasteiger partial charge in [-0.25, -0.2) is 4.79 Å². The first kappa shape index (κ1) is 23.0. The van der Waals surface area contributed by atoms with E-state index in [1.54, 1.807) is 19.1 Å². The molecule has 0 bridgehead atoms. The predicted molar refractivity (Wildman–Crippen MR) is 110 cm³/mol. The van der Waals surface area contributed by atoms with Gasteiger partial charge in [-0.1, -0.05) is 34.1 Å². The Kier molecular flexibility index (Phi) is 8.05. The molecule has 9 nitrogen and oxygen atoms in total. The number of non-ortho nitro benzene ring substituents is 1. The highest BCUT2D eigenvalue weighted by Crippen LogP contribution is 2.27. The van der Waals surface area contributed by atoms with Crippen LogP contribution in [0, 0.1) is 10.1 Å². The Morgan fingerprint density at radius 3 is 2.40 bits per heavy atom. The van der Waals surface area contributed by atoms with E-state index in [0.29, 0.717) is 10.0 Å². The normalized spacial score (nSPS) is 12.5. The highest BCUT2D eigenvalue weighted by molar-refractivity contribution is 9.10. The number of nitrogens with one attached hydrogen (secondary N) is 1. The summed E-state index contributed by atoms with van der Waals surface area (Å²) in [4.78, 5) is 47.0. The summed E-state index contributed by atoms with van der Waals surface area (Å²) in [7, 11) is 0. The zero-order valence-electron chi connectivity index (χ0n) is 15.9. The van der Waals surface area contributed by atoms with E-state index >= 15 is 0 Å². The molecule has 2 atom stereocenters. The summed E-state index contributed by atoms with van der Waals surface area (Å²) in [6, 6.07) is 10.1. The third-order valence-electron chi connectivity index (χ3n) is 4.27. The van der Waals surface area contributed by atoms with Crippen LogP contribution in [0.4, 0.5) is 5.69 Å². The number of carboxylic acid groups (broad SMARTS) is 1. The number of rotatable bonds is 9. The largest absolute Gasteiger partial charge is 0.480 e. The molecule has 0 heterocycles. The Morgan fingerprint density at radius 1 is 1.20 bits per heavy atom. The van der Waals surface area contributed by atoms with Crippen molar-refractivity contribution in [2.45, 2.75) is 25.3 Å². The van der Waals surface area contributed by atoms with E-state index in [-0.39, 0.29) is 24.3 Å². The Hall–Kier alpha value is -3.27. The van der Waals surface area contributed by atoms with Gasteiger partial charge in [-0.3, -0.25) is 19.7 Å². The minimum atomic E-state index is -1.47. The number of nitrogens with zero attached hydrogens (tertiary/aromatic N) is 1. The second-order valence-corrected chi connectivity index (χ2v) is 7.18. The zero-order chi connectivity index (χ0) is 22.3. The minimum Gasteiger partial charge on any atom is -0.480 e. The van der Waals surface area contributed by atoms with Gasteiger partial charge in [0.05, 0.1) is 18.0 Å². The van der Waals surface area contributed by atoms with Crippen LogP contribution in [0.3, 0.4) is 0 Å². The minimum absolute atomic E-state index is 0.105. The van der Waals surface area contributed by atoms with Gasteiger partial charge in [0, 0.05) is 28.1 Å². The lowest BCUT2D eigenvalue weighted by atomic mass is 9.88. The molecule has 10 heteroatoms. The Bertz CT molecular complexity index is 946. The van der Waals surface area contributed by atoms with Gasteiger partial charge in [-0.05, 0) is 30.7 Å². The van der Waals surface area contributed by atoms with Crippen LogP contribution in [0.25, 0.3) is 0 Å². The average molecular weight is 479 g/mol. The van der Waals surface area contributed by atoms with E-state index in [4.69, 9.17) is 4.74 Å². The van der Waals surface area contributed by atoms with Gasteiger partial charge in [-0.15, -0.1) is 0 Å². The molecular weight excluding hydrogens is 460 g/mol. The number of hydrogen-bond donors (Lipinski definition) is 2. The smallest absolute Gasteiger partial charge is 0.326 e. The van der Waals surface area contributed by atoms with Crippen molar-refractivity contribution >= 4 is 39.5 Å². The maximum atomic E-state index is 12.6. The number of benzene rings is 2. The van der Waals surface area contributed by atoms with Gasteiger partial charge in [0.25, 0.3) is 11.6 Å². The lowest BCUT2D eigenvalue weighted by Gasteiger charge is -2.25. The fourth-order valence-electron chi connectivity index (χ4n) is 2.86. The van der Waals surface area contributed by atoms with E-state index < -0.39 is 34.7 Å². The van der Waals surface area contributed by atoms with Crippen molar-refractivity contribution < 1.29 is 29.2 Å². The number of carbonyl (C=O) groups excluding carboxylic acids is 2. The monoisotopic (exact) mass is 478 g/mol. The lowest BCUT2D eigenvalue weighted by Crippen LogP contribution is -2.45. The van der Waals surface area contributed by atoms with E-state index in [2.05, 4.69) is 21.2 Å². The summed E-state index contributed by atoms with van der Waals surface area (Å²) >= 11 is 3.25. The number of amides is 1. The van der Waals surface area contributed by atoms with E-state index in [0.717, 1.165) is 0 Å². The molecule has 0 aliphatic rings. The predicted octanol–water partition coefficient (Wildman–Crippen LogP) is 3.28. The third kappa shape index (κ3) is 6.11. The molecule has 0 spiro atoms. The number of esters is 1. The maximum absolute atomic E-state index is 12.6. The first-order chi connectivity index (χ1) is 14.2. The van der Waals surface area contributed by atoms with Crippen molar-refractivity contribution in [3.05, 3.63) is 74.2 Å². The van der Waals surface area contributed by atoms with E-state index in [9.17, 15) is 29.6 Å².